The molecule has 0 unspecified atom stereocenters. The highest BCUT2D eigenvalue weighted by Crippen LogP contribution is 2.10. The molecule has 1 aromatic rings. The van der Waals surface area contributed by atoms with Crippen molar-refractivity contribution >= 4 is 17.9 Å². The Morgan fingerprint density at radius 2 is 1.88 bits per heavy atom. The SMILES string of the molecule is CNC(=O)c1ccc(/C=C/C(=O)NC[C@H](C)CN2CCCC2)cc1. The van der Waals surface area contributed by atoms with Crippen molar-refractivity contribution < 1.29 is 9.59 Å². The van der Waals surface area contributed by atoms with Crippen molar-refractivity contribution in [2.24, 2.45) is 5.92 Å². The van der Waals surface area contributed by atoms with Crippen molar-refractivity contribution in [3.63, 3.8) is 0 Å². The van der Waals surface area contributed by atoms with Gasteiger partial charge in [0, 0.05) is 31.8 Å². The first-order chi connectivity index (χ1) is 11.6. The molecule has 0 saturated carbocycles. The maximum Gasteiger partial charge on any atom is 0.251 e. The summed E-state index contributed by atoms with van der Waals surface area (Å²) in [6, 6.07) is 7.14. The molecule has 2 amide bonds. The standard InChI is InChI=1S/C19H27N3O2/c1-15(14-22-11-3-4-12-22)13-21-18(23)10-7-16-5-8-17(9-6-16)19(24)20-2/h5-10,15H,3-4,11-14H2,1-2H3,(H,20,24)(H,21,23)/b10-7+/t15-/m0/s1. The van der Waals surface area contributed by atoms with Crippen LogP contribution < -0.4 is 10.6 Å². The summed E-state index contributed by atoms with van der Waals surface area (Å²) in [5.41, 5.74) is 1.50. The van der Waals surface area contributed by atoms with E-state index in [-0.39, 0.29) is 11.8 Å². The summed E-state index contributed by atoms with van der Waals surface area (Å²) in [7, 11) is 1.60. The monoisotopic (exact) mass is 329 g/mol. The molecule has 2 rings (SSSR count). The molecule has 24 heavy (non-hydrogen) atoms. The Labute approximate surface area is 144 Å². The van der Waals surface area contributed by atoms with Crippen LogP contribution in [0.5, 0.6) is 0 Å². The van der Waals surface area contributed by atoms with Crippen molar-refractivity contribution in [2.75, 3.05) is 33.2 Å². The van der Waals surface area contributed by atoms with E-state index in [9.17, 15) is 9.59 Å². The smallest absolute Gasteiger partial charge is 0.251 e. The van der Waals surface area contributed by atoms with E-state index in [0.717, 1.165) is 12.1 Å². The maximum absolute atomic E-state index is 11.9. The van der Waals surface area contributed by atoms with Crippen LogP contribution in [0.15, 0.2) is 30.3 Å². The van der Waals surface area contributed by atoms with Crippen LogP contribution in [0.4, 0.5) is 0 Å². The van der Waals surface area contributed by atoms with Crippen molar-refractivity contribution in [3.8, 4) is 0 Å². The van der Waals surface area contributed by atoms with Crippen LogP contribution in [0.3, 0.4) is 0 Å². The van der Waals surface area contributed by atoms with E-state index in [1.54, 1.807) is 25.3 Å². The molecule has 0 bridgehead atoms. The van der Waals surface area contributed by atoms with Gasteiger partial charge in [-0.2, -0.15) is 0 Å². The lowest BCUT2D eigenvalue weighted by Gasteiger charge is -2.20. The van der Waals surface area contributed by atoms with Crippen LogP contribution in [0.2, 0.25) is 0 Å². The summed E-state index contributed by atoms with van der Waals surface area (Å²) in [5, 5.41) is 5.53. The molecule has 1 aromatic carbocycles. The predicted molar refractivity (Wildman–Crippen MR) is 96.7 cm³/mol. The average Bonchev–Trinajstić information content (AvgIpc) is 3.10. The highest BCUT2D eigenvalue weighted by atomic mass is 16.2. The van der Waals surface area contributed by atoms with Gasteiger partial charge in [-0.1, -0.05) is 19.1 Å². The van der Waals surface area contributed by atoms with Gasteiger partial charge >= 0.3 is 0 Å². The zero-order chi connectivity index (χ0) is 17.4. The molecule has 1 aliphatic heterocycles. The number of carbonyl (C=O) groups excluding carboxylic acids is 2. The second-order valence-electron chi connectivity index (χ2n) is 6.39. The Morgan fingerprint density at radius 3 is 2.50 bits per heavy atom. The minimum absolute atomic E-state index is 0.0846. The van der Waals surface area contributed by atoms with Crippen LogP contribution in [0.25, 0.3) is 6.08 Å². The normalized spacial score (nSPS) is 16.2. The van der Waals surface area contributed by atoms with Gasteiger partial charge in [0.2, 0.25) is 5.91 Å². The zero-order valence-corrected chi connectivity index (χ0v) is 14.5. The molecule has 1 heterocycles. The fourth-order valence-corrected chi connectivity index (χ4v) is 2.87. The van der Waals surface area contributed by atoms with Gasteiger partial charge in [-0.3, -0.25) is 9.59 Å². The molecule has 5 heteroatoms. The molecule has 5 nitrogen and oxygen atoms in total. The number of amides is 2. The van der Waals surface area contributed by atoms with Crippen LogP contribution in [0.1, 0.15) is 35.7 Å². The van der Waals surface area contributed by atoms with Gasteiger partial charge in [-0.25, -0.2) is 0 Å². The van der Waals surface area contributed by atoms with Crippen LogP contribution >= 0.6 is 0 Å². The highest BCUT2D eigenvalue weighted by molar-refractivity contribution is 5.94. The third kappa shape index (κ3) is 5.81. The minimum atomic E-state index is -0.115. The summed E-state index contributed by atoms with van der Waals surface area (Å²) in [6.45, 7) is 6.27. The number of nitrogens with one attached hydrogen (secondary N) is 2. The molecule has 130 valence electrons. The lowest BCUT2D eigenvalue weighted by molar-refractivity contribution is -0.116. The molecular weight excluding hydrogens is 302 g/mol. The van der Waals surface area contributed by atoms with Crippen LogP contribution in [0, 0.1) is 5.92 Å². The largest absolute Gasteiger partial charge is 0.355 e. The molecule has 0 radical (unpaired) electrons. The van der Waals surface area contributed by atoms with Gasteiger partial charge in [-0.15, -0.1) is 0 Å². The van der Waals surface area contributed by atoms with Crippen molar-refractivity contribution in [1.82, 2.24) is 15.5 Å². The fourth-order valence-electron chi connectivity index (χ4n) is 2.87. The summed E-state index contributed by atoms with van der Waals surface area (Å²) in [5.74, 6) is 0.251. The van der Waals surface area contributed by atoms with Gasteiger partial charge < -0.3 is 15.5 Å². The summed E-state index contributed by atoms with van der Waals surface area (Å²) < 4.78 is 0. The highest BCUT2D eigenvalue weighted by Gasteiger charge is 2.14. The van der Waals surface area contributed by atoms with Gasteiger partial charge in [0.15, 0.2) is 0 Å². The predicted octanol–water partition coefficient (Wildman–Crippen LogP) is 1.91. The molecule has 0 spiro atoms. The van der Waals surface area contributed by atoms with Crippen molar-refractivity contribution in [2.45, 2.75) is 19.8 Å². The average molecular weight is 329 g/mol. The van der Waals surface area contributed by atoms with E-state index >= 15 is 0 Å². The van der Waals surface area contributed by atoms with Gasteiger partial charge in [-0.05, 0) is 55.6 Å². The Balaban J connectivity index is 1.74. The van der Waals surface area contributed by atoms with E-state index in [1.807, 2.05) is 12.1 Å². The number of carbonyl (C=O) groups is 2. The number of hydrogen-bond acceptors (Lipinski definition) is 3. The van der Waals surface area contributed by atoms with E-state index in [1.165, 1.54) is 32.0 Å². The Morgan fingerprint density at radius 1 is 1.21 bits per heavy atom. The molecule has 1 atom stereocenters. The third-order valence-electron chi connectivity index (χ3n) is 4.22. The van der Waals surface area contributed by atoms with Gasteiger partial charge in [0.1, 0.15) is 0 Å². The number of likely N-dealkylation sites (tertiary alicyclic amines) is 1. The molecule has 1 fully saturated rings. The topological polar surface area (TPSA) is 61.4 Å². The van der Waals surface area contributed by atoms with Crippen molar-refractivity contribution in [3.05, 3.63) is 41.5 Å². The van der Waals surface area contributed by atoms with E-state index in [2.05, 4.69) is 22.5 Å². The quantitative estimate of drug-likeness (QED) is 0.751. The molecule has 0 aromatic heterocycles. The molecule has 1 saturated heterocycles. The number of benzene rings is 1. The van der Waals surface area contributed by atoms with E-state index in [0.29, 0.717) is 18.0 Å². The minimum Gasteiger partial charge on any atom is -0.355 e. The molecular formula is C19H27N3O2. The van der Waals surface area contributed by atoms with E-state index in [4.69, 9.17) is 0 Å². The van der Waals surface area contributed by atoms with Gasteiger partial charge in [0.05, 0.1) is 0 Å². The fraction of sp³-hybridized carbons (Fsp3) is 0.474. The summed E-state index contributed by atoms with van der Waals surface area (Å²) in [4.78, 5) is 25.8. The Hall–Kier alpha value is -2.14. The van der Waals surface area contributed by atoms with Crippen LogP contribution in [-0.2, 0) is 4.79 Å². The lowest BCUT2D eigenvalue weighted by Crippen LogP contribution is -2.33. The Bertz CT molecular complexity index is 575. The first-order valence-corrected chi connectivity index (χ1v) is 8.59. The zero-order valence-electron chi connectivity index (χ0n) is 14.5. The number of nitrogens with zero attached hydrogens (tertiary/aromatic N) is 1. The molecule has 1 aliphatic rings. The first-order valence-electron chi connectivity index (χ1n) is 8.59. The molecule has 2 N–H and O–H groups in total. The van der Waals surface area contributed by atoms with Crippen LogP contribution in [-0.4, -0.2) is 49.9 Å². The first kappa shape index (κ1) is 18.2. The Kier molecular flexibility index (Phi) is 7.00. The summed E-state index contributed by atoms with van der Waals surface area (Å²) in [6.07, 6.45) is 5.88. The third-order valence-corrected chi connectivity index (χ3v) is 4.22. The maximum atomic E-state index is 11.9. The van der Waals surface area contributed by atoms with Crippen molar-refractivity contribution in [1.29, 1.82) is 0 Å². The number of hydrogen-bond donors (Lipinski definition) is 2. The van der Waals surface area contributed by atoms with E-state index < -0.39 is 0 Å². The lowest BCUT2D eigenvalue weighted by atomic mass is 10.1. The number of rotatable bonds is 7. The summed E-state index contributed by atoms with van der Waals surface area (Å²) >= 11 is 0. The second kappa shape index (κ2) is 9.23. The second-order valence-corrected chi connectivity index (χ2v) is 6.39. The molecule has 0 aliphatic carbocycles. The van der Waals surface area contributed by atoms with Gasteiger partial charge in [0.25, 0.3) is 5.91 Å².